The molecule has 0 aliphatic carbocycles. The summed E-state index contributed by atoms with van der Waals surface area (Å²) in [6.45, 7) is 3.00. The average molecular weight is 368 g/mol. The first-order valence-corrected chi connectivity index (χ1v) is 8.77. The largest absolute Gasteiger partial charge is 0.486 e. The fourth-order valence-corrected chi connectivity index (χ4v) is 4.23. The maximum Gasteiger partial charge on any atom is 0.133 e. The summed E-state index contributed by atoms with van der Waals surface area (Å²) < 4.78 is 9.16. The molecule has 2 heterocycles. The van der Waals surface area contributed by atoms with E-state index in [2.05, 4.69) is 45.4 Å². The lowest BCUT2D eigenvalue weighted by Crippen LogP contribution is -2.40. The number of hydrogen-bond acceptors (Lipinski definition) is 4. The van der Waals surface area contributed by atoms with E-state index in [0.717, 1.165) is 28.2 Å². The Kier molecular flexibility index (Phi) is 4.57. The van der Waals surface area contributed by atoms with Gasteiger partial charge in [-0.2, -0.15) is 5.10 Å². The van der Waals surface area contributed by atoms with Crippen LogP contribution in [0.25, 0.3) is 0 Å². The molecule has 1 aliphatic heterocycles. The molecule has 1 aromatic carbocycles. The van der Waals surface area contributed by atoms with Gasteiger partial charge in [0.25, 0.3) is 0 Å². The van der Waals surface area contributed by atoms with Crippen LogP contribution in [0.4, 0.5) is 0 Å². The predicted molar refractivity (Wildman–Crippen MR) is 88.9 cm³/mol. The van der Waals surface area contributed by atoms with Gasteiger partial charge in [0.1, 0.15) is 11.9 Å². The number of likely N-dealkylation sites (N-methyl/N-ethyl adjacent to an activating group) is 1. The Balaban J connectivity index is 1.89. The quantitative estimate of drug-likeness (QED) is 0.898. The lowest BCUT2D eigenvalue weighted by Gasteiger charge is -2.32. The highest BCUT2D eigenvalue weighted by molar-refractivity contribution is 9.10. The number of fused-ring (bicyclic) bond motifs is 1. The van der Waals surface area contributed by atoms with E-state index in [-0.39, 0.29) is 12.1 Å². The fourth-order valence-electron chi connectivity index (χ4n) is 2.59. The Morgan fingerprint density at radius 1 is 1.52 bits per heavy atom. The molecule has 0 saturated heterocycles. The number of aromatic nitrogens is 2. The number of nitrogens with one attached hydrogen (secondary N) is 1. The molecule has 112 valence electrons. The number of nitrogens with zero attached hydrogens (tertiary/aromatic N) is 2. The Morgan fingerprint density at radius 3 is 3.05 bits per heavy atom. The molecule has 0 fully saturated rings. The zero-order valence-electron chi connectivity index (χ0n) is 12.0. The Bertz CT molecular complexity index is 612. The molecule has 21 heavy (non-hydrogen) atoms. The minimum atomic E-state index is 0.0801. The van der Waals surface area contributed by atoms with Crippen LogP contribution in [0.15, 0.2) is 39.8 Å². The van der Waals surface area contributed by atoms with Crippen LogP contribution in [0.3, 0.4) is 0 Å². The van der Waals surface area contributed by atoms with Crippen LogP contribution in [0.1, 0.15) is 18.7 Å². The van der Waals surface area contributed by atoms with E-state index in [4.69, 9.17) is 4.74 Å². The van der Waals surface area contributed by atoms with Crippen molar-refractivity contribution in [2.24, 2.45) is 7.05 Å². The highest BCUT2D eigenvalue weighted by atomic mass is 79.9. The third kappa shape index (κ3) is 2.98. The molecule has 0 radical (unpaired) electrons. The molecule has 4 nitrogen and oxygen atoms in total. The summed E-state index contributed by atoms with van der Waals surface area (Å²) in [6, 6.07) is 8.32. The molecule has 1 N–H and O–H groups in total. The van der Waals surface area contributed by atoms with Crippen LogP contribution in [0, 0.1) is 0 Å². The molecular weight excluding hydrogens is 350 g/mol. The van der Waals surface area contributed by atoms with Crippen molar-refractivity contribution in [3.63, 3.8) is 0 Å². The van der Waals surface area contributed by atoms with Crippen LogP contribution >= 0.6 is 27.7 Å². The van der Waals surface area contributed by atoms with Gasteiger partial charge in [0, 0.05) is 17.7 Å². The van der Waals surface area contributed by atoms with Gasteiger partial charge in [0.15, 0.2) is 0 Å². The number of para-hydroxylation sites is 1. The SMILES string of the molecule is CCNC(c1c(Br)cnn1C)C1CSc2ccccc2O1. The van der Waals surface area contributed by atoms with Crippen molar-refractivity contribution in [3.05, 3.63) is 40.6 Å². The van der Waals surface area contributed by atoms with E-state index in [1.165, 1.54) is 4.90 Å². The highest BCUT2D eigenvalue weighted by Crippen LogP contribution is 2.39. The normalized spacial score (nSPS) is 18.9. The molecule has 2 atom stereocenters. The number of ether oxygens (including phenoxy) is 1. The second-order valence-electron chi connectivity index (χ2n) is 4.95. The number of aryl methyl sites for hydroxylation is 1. The maximum atomic E-state index is 6.24. The number of thioether (sulfide) groups is 1. The first-order valence-electron chi connectivity index (χ1n) is 7.00. The molecule has 2 unspecified atom stereocenters. The third-order valence-corrected chi connectivity index (χ3v) is 5.31. The summed E-state index contributed by atoms with van der Waals surface area (Å²) in [4.78, 5) is 1.22. The molecule has 0 bridgehead atoms. The lowest BCUT2D eigenvalue weighted by atomic mass is 10.1. The van der Waals surface area contributed by atoms with Crippen LogP contribution in [0.5, 0.6) is 5.75 Å². The molecule has 0 saturated carbocycles. The standard InChI is InChI=1S/C15H18BrN3OS/c1-3-17-14(15-10(16)8-18-19(15)2)12-9-21-13-7-5-4-6-11(13)20-12/h4-8,12,14,17H,3,9H2,1-2H3. The summed E-state index contributed by atoms with van der Waals surface area (Å²) in [5.74, 6) is 1.90. The first kappa shape index (κ1) is 14.9. The first-order chi connectivity index (χ1) is 10.2. The van der Waals surface area contributed by atoms with Gasteiger partial charge in [0.2, 0.25) is 0 Å². The van der Waals surface area contributed by atoms with Crippen LogP contribution in [-0.4, -0.2) is 28.2 Å². The van der Waals surface area contributed by atoms with Gasteiger partial charge >= 0.3 is 0 Å². The third-order valence-electron chi connectivity index (χ3n) is 3.56. The minimum Gasteiger partial charge on any atom is -0.486 e. The summed E-state index contributed by atoms with van der Waals surface area (Å²) in [6.07, 6.45) is 1.92. The van der Waals surface area contributed by atoms with Crippen molar-refractivity contribution in [1.82, 2.24) is 15.1 Å². The second kappa shape index (κ2) is 6.42. The molecule has 0 spiro atoms. The zero-order chi connectivity index (χ0) is 14.8. The van der Waals surface area contributed by atoms with E-state index < -0.39 is 0 Å². The van der Waals surface area contributed by atoms with Crippen molar-refractivity contribution >= 4 is 27.7 Å². The summed E-state index contributed by atoms with van der Waals surface area (Å²) >= 11 is 5.45. The summed E-state index contributed by atoms with van der Waals surface area (Å²) in [7, 11) is 1.97. The number of benzene rings is 1. The van der Waals surface area contributed by atoms with Gasteiger partial charge in [-0.1, -0.05) is 19.1 Å². The second-order valence-corrected chi connectivity index (χ2v) is 6.87. The molecule has 6 heteroatoms. The van der Waals surface area contributed by atoms with Gasteiger partial charge in [-0.15, -0.1) is 11.8 Å². The molecule has 2 aromatic rings. The van der Waals surface area contributed by atoms with Gasteiger partial charge < -0.3 is 10.1 Å². The number of halogens is 1. The molecular formula is C15H18BrN3OS. The lowest BCUT2D eigenvalue weighted by molar-refractivity contribution is 0.163. The van der Waals surface area contributed by atoms with E-state index in [0.29, 0.717) is 0 Å². The van der Waals surface area contributed by atoms with Crippen molar-refractivity contribution < 1.29 is 4.74 Å². The van der Waals surface area contributed by atoms with Gasteiger partial charge in [-0.05, 0) is 34.6 Å². The van der Waals surface area contributed by atoms with Crippen molar-refractivity contribution in [2.75, 3.05) is 12.3 Å². The molecule has 0 amide bonds. The predicted octanol–water partition coefficient (Wildman–Crippen LogP) is 3.39. The van der Waals surface area contributed by atoms with Crippen molar-refractivity contribution in [2.45, 2.75) is 24.0 Å². The average Bonchev–Trinajstić information content (AvgIpc) is 2.84. The summed E-state index contributed by atoms with van der Waals surface area (Å²) in [5.41, 5.74) is 1.13. The topological polar surface area (TPSA) is 39.1 Å². The van der Waals surface area contributed by atoms with E-state index >= 15 is 0 Å². The monoisotopic (exact) mass is 367 g/mol. The Morgan fingerprint density at radius 2 is 2.33 bits per heavy atom. The Hall–Kier alpha value is -0.980. The summed E-state index contributed by atoms with van der Waals surface area (Å²) in [5, 5.41) is 7.86. The van der Waals surface area contributed by atoms with Crippen LogP contribution in [0.2, 0.25) is 0 Å². The van der Waals surface area contributed by atoms with Crippen LogP contribution in [-0.2, 0) is 7.05 Å². The van der Waals surface area contributed by atoms with Crippen molar-refractivity contribution in [3.8, 4) is 5.75 Å². The number of rotatable bonds is 4. The Labute approximate surface area is 137 Å². The molecule has 3 rings (SSSR count). The van der Waals surface area contributed by atoms with E-state index in [9.17, 15) is 0 Å². The number of hydrogen-bond donors (Lipinski definition) is 1. The van der Waals surface area contributed by atoms with Gasteiger partial charge in [-0.25, -0.2) is 0 Å². The maximum absolute atomic E-state index is 6.24. The van der Waals surface area contributed by atoms with Crippen molar-refractivity contribution in [1.29, 1.82) is 0 Å². The molecule has 1 aliphatic rings. The minimum absolute atomic E-state index is 0.0801. The van der Waals surface area contributed by atoms with Gasteiger partial charge in [0.05, 0.1) is 22.4 Å². The van der Waals surface area contributed by atoms with E-state index in [1.807, 2.05) is 41.8 Å². The van der Waals surface area contributed by atoms with E-state index in [1.54, 1.807) is 0 Å². The zero-order valence-corrected chi connectivity index (χ0v) is 14.4. The highest BCUT2D eigenvalue weighted by Gasteiger charge is 2.32. The molecule has 1 aromatic heterocycles. The fraction of sp³-hybridized carbons (Fsp3) is 0.400. The van der Waals surface area contributed by atoms with Crippen LogP contribution < -0.4 is 10.1 Å². The smallest absolute Gasteiger partial charge is 0.133 e. The van der Waals surface area contributed by atoms with Gasteiger partial charge in [-0.3, -0.25) is 4.68 Å².